The first-order valence-electron chi connectivity index (χ1n) is 9.12. The molecule has 0 fully saturated rings. The summed E-state index contributed by atoms with van der Waals surface area (Å²) in [6, 6.07) is 19.2. The lowest BCUT2D eigenvalue weighted by molar-refractivity contribution is -0.115. The van der Waals surface area contributed by atoms with Crippen LogP contribution in [0, 0.1) is 0 Å². The minimum atomic E-state index is -0.406. The lowest BCUT2D eigenvalue weighted by Crippen LogP contribution is -2.26. The van der Waals surface area contributed by atoms with Crippen molar-refractivity contribution in [1.82, 2.24) is 5.32 Å². The van der Waals surface area contributed by atoms with Gasteiger partial charge in [-0.25, -0.2) is 0 Å². The number of rotatable bonds is 4. The first-order valence-corrected chi connectivity index (χ1v) is 9.87. The van der Waals surface area contributed by atoms with Crippen LogP contribution in [0.2, 0.25) is 10.0 Å². The topological polar surface area (TPSA) is 67.4 Å². The Balaban J connectivity index is 1.49. The Kier molecular flexibility index (Phi) is 5.74. The summed E-state index contributed by atoms with van der Waals surface area (Å²) >= 11 is 12.1. The normalized spacial score (nSPS) is 13.9. The minimum absolute atomic E-state index is 0.140. The van der Waals surface area contributed by atoms with Gasteiger partial charge >= 0.3 is 0 Å². The average Bonchev–Trinajstić information content (AvgIpc) is 2.73. The summed E-state index contributed by atoms with van der Waals surface area (Å²) in [6.07, 6.45) is 1.61. The monoisotopic (exact) mass is 438 g/mol. The third kappa shape index (κ3) is 4.48. The van der Waals surface area contributed by atoms with Crippen LogP contribution in [-0.2, 0) is 11.3 Å². The Hall–Kier alpha value is -3.28. The summed E-state index contributed by atoms with van der Waals surface area (Å²) in [4.78, 5) is 24.9. The van der Waals surface area contributed by atoms with Gasteiger partial charge in [0.2, 0.25) is 0 Å². The fourth-order valence-corrected chi connectivity index (χ4v) is 3.37. The van der Waals surface area contributed by atoms with Crippen molar-refractivity contribution in [3.63, 3.8) is 0 Å². The maximum atomic E-state index is 12.5. The van der Waals surface area contributed by atoms with Crippen LogP contribution >= 0.6 is 23.2 Å². The van der Waals surface area contributed by atoms with Gasteiger partial charge in [-0.1, -0.05) is 53.5 Å². The third-order valence-corrected chi connectivity index (χ3v) is 5.08. The standard InChI is InChI=1S/C23H16Cl2N2O3/c24-17-6-3-4-14(10-17)11-21-23(29)27-19-12-15(8-9-20(19)30-21)22(28)26-13-16-5-1-2-7-18(16)25/h1-12H,13H2,(H,26,28)(H,27,29). The Bertz CT molecular complexity index is 1170. The number of hydrogen-bond donors (Lipinski definition) is 2. The smallest absolute Gasteiger partial charge is 0.291 e. The number of fused-ring (bicyclic) bond motifs is 1. The highest BCUT2D eigenvalue weighted by Crippen LogP contribution is 2.32. The largest absolute Gasteiger partial charge is 0.449 e. The van der Waals surface area contributed by atoms with E-state index in [4.69, 9.17) is 27.9 Å². The van der Waals surface area contributed by atoms with Gasteiger partial charge in [-0.15, -0.1) is 0 Å². The van der Waals surface area contributed by atoms with Gasteiger partial charge in [0.05, 0.1) is 5.69 Å². The van der Waals surface area contributed by atoms with E-state index in [0.717, 1.165) is 11.1 Å². The van der Waals surface area contributed by atoms with Crippen molar-refractivity contribution in [2.24, 2.45) is 0 Å². The molecule has 3 aromatic rings. The summed E-state index contributed by atoms with van der Waals surface area (Å²) in [6.45, 7) is 0.297. The molecule has 1 heterocycles. The highest BCUT2D eigenvalue weighted by atomic mass is 35.5. The van der Waals surface area contributed by atoms with Crippen LogP contribution in [0.4, 0.5) is 5.69 Å². The fourth-order valence-electron chi connectivity index (χ4n) is 2.97. The third-order valence-electron chi connectivity index (χ3n) is 4.48. The minimum Gasteiger partial charge on any atom is -0.449 e. The highest BCUT2D eigenvalue weighted by Gasteiger charge is 2.23. The van der Waals surface area contributed by atoms with Gasteiger partial charge in [0, 0.05) is 22.2 Å². The summed E-state index contributed by atoms with van der Waals surface area (Å²) < 4.78 is 5.72. The number of amides is 2. The zero-order valence-corrected chi connectivity index (χ0v) is 17.1. The molecular formula is C23H16Cl2N2O3. The summed E-state index contributed by atoms with van der Waals surface area (Å²) in [7, 11) is 0. The number of anilines is 1. The maximum absolute atomic E-state index is 12.5. The zero-order valence-electron chi connectivity index (χ0n) is 15.6. The second-order valence-corrected chi connectivity index (χ2v) is 7.45. The van der Waals surface area contributed by atoms with E-state index < -0.39 is 5.91 Å². The molecule has 0 radical (unpaired) electrons. The number of carbonyl (C=O) groups excluding carboxylic acids is 2. The van der Waals surface area contributed by atoms with Crippen molar-refractivity contribution in [3.05, 3.63) is 99.2 Å². The van der Waals surface area contributed by atoms with Crippen molar-refractivity contribution in [2.45, 2.75) is 6.54 Å². The Labute approximate surface area is 183 Å². The maximum Gasteiger partial charge on any atom is 0.291 e. The van der Waals surface area contributed by atoms with E-state index in [-0.39, 0.29) is 11.7 Å². The van der Waals surface area contributed by atoms with E-state index in [1.807, 2.05) is 24.3 Å². The second kappa shape index (κ2) is 8.61. The van der Waals surface area contributed by atoms with E-state index in [9.17, 15) is 9.59 Å². The molecule has 0 aromatic heterocycles. The Morgan fingerprint density at radius 3 is 2.67 bits per heavy atom. The van der Waals surface area contributed by atoms with E-state index in [1.165, 1.54) is 0 Å². The Morgan fingerprint density at radius 1 is 1.03 bits per heavy atom. The van der Waals surface area contributed by atoms with Crippen molar-refractivity contribution in [2.75, 3.05) is 5.32 Å². The number of hydrogen-bond acceptors (Lipinski definition) is 3. The molecule has 0 spiro atoms. The first kappa shape index (κ1) is 20.0. The van der Waals surface area contributed by atoms with Crippen LogP contribution < -0.4 is 15.4 Å². The quantitative estimate of drug-likeness (QED) is 0.543. The first-order chi connectivity index (χ1) is 14.5. The van der Waals surface area contributed by atoms with Gasteiger partial charge in [-0.05, 0) is 53.6 Å². The molecule has 1 aliphatic heterocycles. The molecule has 150 valence electrons. The number of nitrogens with one attached hydrogen (secondary N) is 2. The second-order valence-electron chi connectivity index (χ2n) is 6.60. The van der Waals surface area contributed by atoms with Crippen LogP contribution in [0.5, 0.6) is 5.75 Å². The SMILES string of the molecule is O=C1Nc2cc(C(=O)NCc3ccccc3Cl)ccc2OC1=Cc1cccc(Cl)c1. The Morgan fingerprint density at radius 2 is 1.87 bits per heavy atom. The lowest BCUT2D eigenvalue weighted by atomic mass is 10.1. The molecule has 5 nitrogen and oxygen atoms in total. The van der Waals surface area contributed by atoms with Gasteiger partial charge < -0.3 is 15.4 Å². The molecule has 0 unspecified atom stereocenters. The predicted molar refractivity (Wildman–Crippen MR) is 118 cm³/mol. The van der Waals surface area contributed by atoms with Crippen molar-refractivity contribution in [3.8, 4) is 5.75 Å². The molecule has 2 amide bonds. The molecule has 7 heteroatoms. The molecule has 0 saturated heterocycles. The van der Waals surface area contributed by atoms with Crippen molar-refractivity contribution in [1.29, 1.82) is 0 Å². The van der Waals surface area contributed by atoms with Crippen molar-refractivity contribution < 1.29 is 14.3 Å². The fraction of sp³-hybridized carbons (Fsp3) is 0.0435. The van der Waals surface area contributed by atoms with Crippen LogP contribution in [-0.4, -0.2) is 11.8 Å². The molecule has 3 aromatic carbocycles. The van der Waals surface area contributed by atoms with Crippen LogP contribution in [0.3, 0.4) is 0 Å². The number of halogens is 2. The highest BCUT2D eigenvalue weighted by molar-refractivity contribution is 6.31. The van der Waals surface area contributed by atoms with E-state index in [0.29, 0.717) is 33.6 Å². The molecule has 1 aliphatic rings. The number of ether oxygens (including phenoxy) is 1. The van der Waals surface area contributed by atoms with Gasteiger partial charge in [-0.2, -0.15) is 0 Å². The molecule has 4 rings (SSSR count). The predicted octanol–water partition coefficient (Wildman–Crippen LogP) is 5.30. The van der Waals surface area contributed by atoms with Crippen LogP contribution in [0.25, 0.3) is 6.08 Å². The average molecular weight is 439 g/mol. The summed E-state index contributed by atoms with van der Waals surface area (Å²) in [5, 5.41) is 6.73. The van der Waals surface area contributed by atoms with Crippen LogP contribution in [0.1, 0.15) is 21.5 Å². The van der Waals surface area contributed by atoms with Gasteiger partial charge in [-0.3, -0.25) is 9.59 Å². The lowest BCUT2D eigenvalue weighted by Gasteiger charge is -2.20. The van der Waals surface area contributed by atoms with Gasteiger partial charge in [0.25, 0.3) is 11.8 Å². The number of benzene rings is 3. The molecular weight excluding hydrogens is 423 g/mol. The number of carbonyl (C=O) groups is 2. The molecule has 30 heavy (non-hydrogen) atoms. The molecule has 0 saturated carbocycles. The van der Waals surface area contributed by atoms with E-state index >= 15 is 0 Å². The molecule has 0 bridgehead atoms. The van der Waals surface area contributed by atoms with E-state index in [1.54, 1.807) is 48.5 Å². The van der Waals surface area contributed by atoms with Crippen LogP contribution in [0.15, 0.2) is 72.5 Å². The zero-order chi connectivity index (χ0) is 21.1. The van der Waals surface area contributed by atoms with Gasteiger partial charge in [0.15, 0.2) is 11.5 Å². The summed E-state index contributed by atoms with van der Waals surface area (Å²) in [5.74, 6) is -0.102. The molecule has 0 atom stereocenters. The molecule has 0 aliphatic carbocycles. The molecule has 2 N–H and O–H groups in total. The van der Waals surface area contributed by atoms with Gasteiger partial charge in [0.1, 0.15) is 0 Å². The van der Waals surface area contributed by atoms with E-state index in [2.05, 4.69) is 10.6 Å². The summed E-state index contributed by atoms with van der Waals surface area (Å²) in [5.41, 5.74) is 2.38. The van der Waals surface area contributed by atoms with Crippen molar-refractivity contribution >= 4 is 46.8 Å².